The Balaban J connectivity index is 1.40. The first-order chi connectivity index (χ1) is 18.3. The zero-order chi connectivity index (χ0) is 26.4. The molecule has 0 bridgehead atoms. The SMILES string of the molecule is Cc1ccc(-c2nccc3[nH]c(-c4n[nH]c5cnc(-c6cc(I)cc(NC(=O)CN(C)C)c6)cc45)cc23)s1. The maximum absolute atomic E-state index is 12.3. The molecule has 1 amide bonds. The van der Waals surface area contributed by atoms with Gasteiger partial charge in [0.2, 0.25) is 5.91 Å². The second-order valence-corrected chi connectivity index (χ2v) is 11.9. The summed E-state index contributed by atoms with van der Waals surface area (Å²) in [5, 5.41) is 12.8. The molecule has 0 aliphatic rings. The van der Waals surface area contributed by atoms with Crippen LogP contribution in [-0.4, -0.2) is 56.6 Å². The van der Waals surface area contributed by atoms with Gasteiger partial charge in [-0.1, -0.05) is 0 Å². The number of rotatable bonds is 6. The van der Waals surface area contributed by atoms with E-state index >= 15 is 0 Å². The normalized spacial score (nSPS) is 11.6. The molecule has 0 atom stereocenters. The summed E-state index contributed by atoms with van der Waals surface area (Å²) in [6, 6.07) is 16.3. The van der Waals surface area contributed by atoms with Crippen LogP contribution in [0.2, 0.25) is 0 Å². The van der Waals surface area contributed by atoms with E-state index in [-0.39, 0.29) is 5.91 Å². The minimum absolute atomic E-state index is 0.0612. The average Bonchev–Trinajstić information content (AvgIpc) is 3.60. The van der Waals surface area contributed by atoms with E-state index in [1.807, 2.05) is 49.5 Å². The first-order valence-corrected chi connectivity index (χ1v) is 13.9. The maximum Gasteiger partial charge on any atom is 0.238 e. The van der Waals surface area contributed by atoms with Crippen LogP contribution in [0, 0.1) is 10.5 Å². The highest BCUT2D eigenvalue weighted by molar-refractivity contribution is 14.1. The molecule has 8 nitrogen and oxygen atoms in total. The largest absolute Gasteiger partial charge is 0.353 e. The Morgan fingerprint density at radius 1 is 1.03 bits per heavy atom. The van der Waals surface area contributed by atoms with E-state index < -0.39 is 0 Å². The summed E-state index contributed by atoms with van der Waals surface area (Å²) >= 11 is 4.00. The van der Waals surface area contributed by atoms with Crippen molar-refractivity contribution in [3.8, 4) is 33.2 Å². The van der Waals surface area contributed by atoms with Crippen molar-refractivity contribution in [2.75, 3.05) is 26.0 Å². The van der Waals surface area contributed by atoms with Crippen molar-refractivity contribution in [2.45, 2.75) is 6.92 Å². The highest BCUT2D eigenvalue weighted by Crippen LogP contribution is 2.36. The molecule has 38 heavy (non-hydrogen) atoms. The molecule has 5 heterocycles. The molecular formula is C28H24IN7OS. The smallest absolute Gasteiger partial charge is 0.238 e. The second kappa shape index (κ2) is 9.93. The van der Waals surface area contributed by atoms with Crippen LogP contribution >= 0.6 is 33.9 Å². The quantitative estimate of drug-likeness (QED) is 0.187. The summed E-state index contributed by atoms with van der Waals surface area (Å²) in [7, 11) is 3.74. The lowest BCUT2D eigenvalue weighted by Gasteiger charge is -2.12. The third kappa shape index (κ3) is 4.82. The van der Waals surface area contributed by atoms with Crippen LogP contribution in [0.4, 0.5) is 5.69 Å². The minimum atomic E-state index is -0.0612. The Morgan fingerprint density at radius 2 is 1.87 bits per heavy atom. The number of carbonyl (C=O) groups excluding carboxylic acids is 1. The predicted molar refractivity (Wildman–Crippen MR) is 162 cm³/mol. The Labute approximate surface area is 236 Å². The molecule has 0 fully saturated rings. The highest BCUT2D eigenvalue weighted by atomic mass is 127. The second-order valence-electron chi connectivity index (χ2n) is 9.42. The molecule has 0 saturated carbocycles. The fourth-order valence-electron chi connectivity index (χ4n) is 4.52. The van der Waals surface area contributed by atoms with Crippen LogP contribution in [0.15, 0.2) is 60.9 Å². The van der Waals surface area contributed by atoms with Gasteiger partial charge in [-0.25, -0.2) is 0 Å². The Morgan fingerprint density at radius 3 is 2.66 bits per heavy atom. The van der Waals surface area contributed by atoms with Gasteiger partial charge in [-0.3, -0.25) is 19.9 Å². The van der Waals surface area contributed by atoms with Gasteiger partial charge < -0.3 is 15.2 Å². The number of hydrogen-bond acceptors (Lipinski definition) is 6. The van der Waals surface area contributed by atoms with Crippen molar-refractivity contribution in [1.82, 2.24) is 30.0 Å². The lowest BCUT2D eigenvalue weighted by atomic mass is 10.1. The molecule has 3 N–H and O–H groups in total. The number of hydrogen-bond donors (Lipinski definition) is 3. The topological polar surface area (TPSA) is 103 Å². The minimum Gasteiger partial charge on any atom is -0.353 e. The number of nitrogens with one attached hydrogen (secondary N) is 3. The monoisotopic (exact) mass is 633 g/mol. The van der Waals surface area contributed by atoms with Crippen LogP contribution in [0.5, 0.6) is 0 Å². The number of aromatic amines is 2. The van der Waals surface area contributed by atoms with Crippen LogP contribution in [0.3, 0.4) is 0 Å². The fraction of sp³-hybridized carbons (Fsp3) is 0.143. The van der Waals surface area contributed by atoms with E-state index in [0.717, 1.165) is 64.3 Å². The molecule has 0 aliphatic heterocycles. The number of thiophene rings is 1. The third-order valence-electron chi connectivity index (χ3n) is 6.16. The number of anilines is 1. The number of nitrogens with zero attached hydrogens (tertiary/aromatic N) is 4. The van der Waals surface area contributed by atoms with Gasteiger partial charge >= 0.3 is 0 Å². The van der Waals surface area contributed by atoms with Crippen molar-refractivity contribution in [1.29, 1.82) is 0 Å². The van der Waals surface area contributed by atoms with Gasteiger partial charge in [-0.05, 0) is 92.1 Å². The number of carbonyl (C=O) groups is 1. The first-order valence-electron chi connectivity index (χ1n) is 12.0. The Kier molecular flexibility index (Phi) is 6.46. The van der Waals surface area contributed by atoms with E-state index in [1.165, 1.54) is 4.88 Å². The average molecular weight is 634 g/mol. The predicted octanol–water partition coefficient (Wildman–Crippen LogP) is 6.31. The van der Waals surface area contributed by atoms with Crippen LogP contribution in [-0.2, 0) is 4.79 Å². The van der Waals surface area contributed by atoms with Crippen molar-refractivity contribution < 1.29 is 4.79 Å². The summed E-state index contributed by atoms with van der Waals surface area (Å²) in [4.78, 5) is 29.4. The van der Waals surface area contributed by atoms with Crippen LogP contribution < -0.4 is 5.32 Å². The van der Waals surface area contributed by atoms with E-state index in [0.29, 0.717) is 6.54 Å². The molecule has 0 aliphatic carbocycles. The molecule has 1 aromatic carbocycles. The van der Waals surface area contributed by atoms with Gasteiger partial charge in [0.15, 0.2) is 0 Å². The van der Waals surface area contributed by atoms with Crippen molar-refractivity contribution in [2.24, 2.45) is 0 Å². The third-order valence-corrected chi connectivity index (χ3v) is 7.79. The number of H-pyrrole nitrogens is 2. The van der Waals surface area contributed by atoms with Crippen LogP contribution in [0.25, 0.3) is 55.0 Å². The maximum atomic E-state index is 12.3. The zero-order valence-electron chi connectivity index (χ0n) is 21.0. The molecule has 5 aromatic heterocycles. The number of pyridine rings is 2. The molecule has 6 rings (SSSR count). The number of likely N-dealkylation sites (N-methyl/N-ethyl adjacent to an activating group) is 1. The molecule has 0 saturated heterocycles. The fourth-order valence-corrected chi connectivity index (χ4v) is 6.07. The molecule has 0 spiro atoms. The van der Waals surface area contributed by atoms with Gasteiger partial charge in [0, 0.05) is 42.2 Å². The van der Waals surface area contributed by atoms with E-state index in [1.54, 1.807) is 17.5 Å². The number of benzene rings is 1. The molecule has 6 aromatic rings. The standard InChI is InChI=1S/C28H24IN7OS/c1-15-4-5-25(38-15)28-19-12-23(33-21(19)6-7-30-28)27-20-11-22(31-13-24(20)34-35-27)16-8-17(29)10-18(9-16)32-26(37)14-36(2)3/h4-13,33H,14H2,1-3H3,(H,32,37)(H,34,35). The highest BCUT2D eigenvalue weighted by Gasteiger charge is 2.16. The van der Waals surface area contributed by atoms with Crippen molar-refractivity contribution in [3.05, 3.63) is 69.4 Å². The number of aromatic nitrogens is 5. The van der Waals surface area contributed by atoms with Crippen molar-refractivity contribution in [3.63, 3.8) is 0 Å². The molecule has 0 unspecified atom stereocenters. The first kappa shape index (κ1) is 24.7. The number of aryl methyl sites for hydroxylation is 1. The summed E-state index contributed by atoms with van der Waals surface area (Å²) in [6.45, 7) is 2.42. The molecular weight excluding hydrogens is 609 g/mol. The van der Waals surface area contributed by atoms with E-state index in [2.05, 4.69) is 84.2 Å². The Hall–Kier alpha value is -3.61. The lowest BCUT2D eigenvalue weighted by molar-refractivity contribution is -0.116. The summed E-state index contributed by atoms with van der Waals surface area (Å²) in [5.74, 6) is -0.0612. The molecule has 190 valence electrons. The van der Waals surface area contributed by atoms with Gasteiger partial charge in [-0.15, -0.1) is 11.3 Å². The molecule has 10 heteroatoms. The van der Waals surface area contributed by atoms with Gasteiger partial charge in [0.25, 0.3) is 0 Å². The summed E-state index contributed by atoms with van der Waals surface area (Å²) in [5.41, 5.74) is 7.01. The van der Waals surface area contributed by atoms with E-state index in [9.17, 15) is 4.79 Å². The Bertz CT molecular complexity index is 1820. The van der Waals surface area contributed by atoms with E-state index in [4.69, 9.17) is 0 Å². The molecule has 0 radical (unpaired) electrons. The lowest BCUT2D eigenvalue weighted by Crippen LogP contribution is -2.27. The number of fused-ring (bicyclic) bond motifs is 2. The van der Waals surface area contributed by atoms with Gasteiger partial charge in [-0.2, -0.15) is 5.10 Å². The number of halogens is 1. The summed E-state index contributed by atoms with van der Waals surface area (Å²) in [6.07, 6.45) is 3.64. The number of amides is 1. The summed E-state index contributed by atoms with van der Waals surface area (Å²) < 4.78 is 1.01. The van der Waals surface area contributed by atoms with Gasteiger partial charge in [0.1, 0.15) is 5.69 Å². The van der Waals surface area contributed by atoms with Crippen LogP contribution in [0.1, 0.15) is 4.88 Å². The zero-order valence-corrected chi connectivity index (χ0v) is 23.9. The van der Waals surface area contributed by atoms with Gasteiger partial charge in [0.05, 0.1) is 40.2 Å². The van der Waals surface area contributed by atoms with Crippen molar-refractivity contribution >= 4 is 67.3 Å².